The van der Waals surface area contributed by atoms with Gasteiger partial charge in [-0.05, 0) is 31.2 Å². The van der Waals surface area contributed by atoms with Crippen molar-refractivity contribution in [1.82, 2.24) is 4.98 Å². The summed E-state index contributed by atoms with van der Waals surface area (Å²) in [6, 6.07) is 8.69. The number of methoxy groups -OCH3 is 1. The lowest BCUT2D eigenvalue weighted by Crippen LogP contribution is -2.10. The Balaban J connectivity index is 0.000000315. The van der Waals surface area contributed by atoms with Crippen LogP contribution >= 0.6 is 0 Å². The van der Waals surface area contributed by atoms with E-state index >= 15 is 0 Å². The molecule has 1 amide bonds. The predicted molar refractivity (Wildman–Crippen MR) is 78.9 cm³/mol. The average molecular weight is 312 g/mol. The van der Waals surface area contributed by atoms with E-state index in [4.69, 9.17) is 15.0 Å². The van der Waals surface area contributed by atoms with Crippen LogP contribution in [-0.4, -0.2) is 36.7 Å². The van der Waals surface area contributed by atoms with Gasteiger partial charge in [0.1, 0.15) is 0 Å². The summed E-state index contributed by atoms with van der Waals surface area (Å²) in [5, 5.41) is 0.868. The summed E-state index contributed by atoms with van der Waals surface area (Å²) >= 11 is 0. The van der Waals surface area contributed by atoms with Gasteiger partial charge in [0.25, 0.3) is 10.1 Å². The van der Waals surface area contributed by atoms with Crippen molar-refractivity contribution < 1.29 is 22.5 Å². The van der Waals surface area contributed by atoms with Crippen molar-refractivity contribution in [1.29, 1.82) is 0 Å². The van der Waals surface area contributed by atoms with Crippen molar-refractivity contribution in [3.05, 3.63) is 35.9 Å². The monoisotopic (exact) mass is 312 g/mol. The first kappa shape index (κ1) is 16.9. The molecule has 1 aromatic carbocycles. The highest BCUT2D eigenvalue weighted by Crippen LogP contribution is 2.17. The van der Waals surface area contributed by atoms with Crippen molar-refractivity contribution in [3.8, 4) is 5.88 Å². The van der Waals surface area contributed by atoms with E-state index in [2.05, 4.69) is 4.98 Å². The van der Waals surface area contributed by atoms with Crippen molar-refractivity contribution in [3.63, 3.8) is 0 Å². The number of primary amides is 1. The summed E-state index contributed by atoms with van der Waals surface area (Å²) in [5.41, 5.74) is 6.43. The molecule has 1 heterocycles. The van der Waals surface area contributed by atoms with Gasteiger partial charge < -0.3 is 10.5 Å². The standard InChI is InChI=1S/C11H10N2O2.C2H6O3S/c1-15-10-5-3-7-6-8(11(12)14)2-4-9(7)13-10;1-2-6(3,4)5/h2-6H,1H3,(H2,12,14);2H2,1H3,(H,3,4,5). The Labute approximate surface area is 122 Å². The quantitative estimate of drug-likeness (QED) is 0.823. The zero-order valence-electron chi connectivity index (χ0n) is 11.6. The van der Waals surface area contributed by atoms with Crippen molar-refractivity contribution in [2.24, 2.45) is 5.73 Å². The molecule has 0 radical (unpaired) electrons. The van der Waals surface area contributed by atoms with Gasteiger partial charge in [0.15, 0.2) is 0 Å². The van der Waals surface area contributed by atoms with E-state index in [0.717, 1.165) is 10.9 Å². The summed E-state index contributed by atoms with van der Waals surface area (Å²) in [7, 11) is -2.10. The van der Waals surface area contributed by atoms with E-state index in [-0.39, 0.29) is 5.75 Å². The number of benzene rings is 1. The van der Waals surface area contributed by atoms with Crippen LogP contribution in [0.1, 0.15) is 17.3 Å². The number of nitrogens with two attached hydrogens (primary N) is 1. The largest absolute Gasteiger partial charge is 0.481 e. The van der Waals surface area contributed by atoms with E-state index in [0.29, 0.717) is 11.4 Å². The summed E-state index contributed by atoms with van der Waals surface area (Å²) in [6.07, 6.45) is 0. The highest BCUT2D eigenvalue weighted by atomic mass is 32.2. The van der Waals surface area contributed by atoms with E-state index in [1.54, 1.807) is 31.4 Å². The maximum absolute atomic E-state index is 10.9. The van der Waals surface area contributed by atoms with E-state index < -0.39 is 16.0 Å². The molecule has 21 heavy (non-hydrogen) atoms. The Morgan fingerprint density at radius 1 is 1.33 bits per heavy atom. The summed E-state index contributed by atoms with van der Waals surface area (Å²) in [5.74, 6) is -0.0884. The van der Waals surface area contributed by atoms with Gasteiger partial charge in [0.2, 0.25) is 11.8 Å². The second kappa shape index (κ2) is 7.00. The lowest BCUT2D eigenvalue weighted by Gasteiger charge is -2.02. The van der Waals surface area contributed by atoms with Crippen LogP contribution in [0, 0.1) is 0 Å². The molecule has 0 saturated heterocycles. The van der Waals surface area contributed by atoms with Crippen LogP contribution in [0.25, 0.3) is 10.9 Å². The predicted octanol–water partition coefficient (Wildman–Crippen LogP) is 1.24. The van der Waals surface area contributed by atoms with Crippen molar-refractivity contribution in [2.75, 3.05) is 12.9 Å². The zero-order valence-corrected chi connectivity index (χ0v) is 12.4. The summed E-state index contributed by atoms with van der Waals surface area (Å²) in [4.78, 5) is 15.2. The number of hydrogen-bond donors (Lipinski definition) is 2. The Morgan fingerprint density at radius 3 is 2.43 bits per heavy atom. The molecular weight excluding hydrogens is 296 g/mol. The normalized spacial score (nSPS) is 10.6. The molecule has 0 saturated carbocycles. The number of pyridine rings is 1. The summed E-state index contributed by atoms with van der Waals surface area (Å²) < 4.78 is 31.9. The molecule has 7 nitrogen and oxygen atoms in total. The number of carbonyl (C=O) groups excluding carboxylic acids is 1. The fraction of sp³-hybridized carbons (Fsp3) is 0.231. The van der Waals surface area contributed by atoms with E-state index in [1.165, 1.54) is 6.92 Å². The van der Waals surface area contributed by atoms with Gasteiger partial charge in [-0.1, -0.05) is 0 Å². The van der Waals surface area contributed by atoms with E-state index in [9.17, 15) is 13.2 Å². The molecule has 3 N–H and O–H groups in total. The number of carbonyl (C=O) groups is 1. The van der Waals surface area contributed by atoms with Gasteiger partial charge in [0.05, 0.1) is 18.4 Å². The van der Waals surface area contributed by atoms with Crippen molar-refractivity contribution >= 4 is 26.9 Å². The molecule has 0 spiro atoms. The lowest BCUT2D eigenvalue weighted by atomic mass is 10.1. The van der Waals surface area contributed by atoms with Crippen molar-refractivity contribution in [2.45, 2.75) is 6.92 Å². The second-order valence-electron chi connectivity index (χ2n) is 4.00. The van der Waals surface area contributed by atoms with Gasteiger partial charge in [0, 0.05) is 17.0 Å². The minimum absolute atomic E-state index is 0.201. The summed E-state index contributed by atoms with van der Waals surface area (Å²) in [6.45, 7) is 1.37. The van der Waals surface area contributed by atoms with Gasteiger partial charge >= 0.3 is 0 Å². The molecule has 0 fully saturated rings. The number of amides is 1. The highest BCUT2D eigenvalue weighted by Gasteiger charge is 2.03. The maximum atomic E-state index is 10.9. The first-order valence-electron chi connectivity index (χ1n) is 5.96. The average Bonchev–Trinajstić information content (AvgIpc) is 2.45. The number of nitrogens with zero attached hydrogens (tertiary/aromatic N) is 1. The highest BCUT2D eigenvalue weighted by molar-refractivity contribution is 7.85. The Hall–Kier alpha value is -2.19. The molecule has 0 aliphatic heterocycles. The van der Waals surface area contributed by atoms with Crippen LogP contribution in [0.4, 0.5) is 0 Å². The van der Waals surface area contributed by atoms with Crippen LogP contribution < -0.4 is 10.5 Å². The van der Waals surface area contributed by atoms with Gasteiger partial charge in [-0.3, -0.25) is 9.35 Å². The van der Waals surface area contributed by atoms with Crippen LogP contribution in [0.15, 0.2) is 30.3 Å². The van der Waals surface area contributed by atoms with Crippen LogP contribution in [-0.2, 0) is 10.1 Å². The first-order valence-corrected chi connectivity index (χ1v) is 7.57. The Kier molecular flexibility index (Phi) is 5.62. The fourth-order valence-corrected chi connectivity index (χ4v) is 1.37. The van der Waals surface area contributed by atoms with Gasteiger partial charge in [-0.25, -0.2) is 4.98 Å². The minimum Gasteiger partial charge on any atom is -0.481 e. The van der Waals surface area contributed by atoms with Gasteiger partial charge in [-0.2, -0.15) is 8.42 Å². The third-order valence-electron chi connectivity index (χ3n) is 2.52. The SMILES string of the molecule is CCS(=O)(=O)O.COc1ccc2cc(C(N)=O)ccc2n1. The molecule has 2 rings (SSSR count). The maximum Gasteiger partial charge on any atom is 0.264 e. The molecule has 8 heteroatoms. The smallest absolute Gasteiger partial charge is 0.264 e. The molecule has 2 aromatic rings. The molecule has 0 unspecified atom stereocenters. The van der Waals surface area contributed by atoms with Crippen LogP contribution in [0.2, 0.25) is 0 Å². The first-order chi connectivity index (χ1) is 9.76. The van der Waals surface area contributed by atoms with Crippen LogP contribution in [0.3, 0.4) is 0 Å². The number of rotatable bonds is 3. The molecule has 0 aliphatic carbocycles. The Morgan fingerprint density at radius 2 is 1.95 bits per heavy atom. The van der Waals surface area contributed by atoms with E-state index in [1.807, 2.05) is 6.07 Å². The third kappa shape index (κ3) is 5.36. The Bertz CT molecular complexity index is 743. The molecule has 114 valence electrons. The second-order valence-corrected chi connectivity index (χ2v) is 5.74. The molecular formula is C13H16N2O5S. The topological polar surface area (TPSA) is 120 Å². The third-order valence-corrected chi connectivity index (χ3v) is 3.25. The number of hydrogen-bond acceptors (Lipinski definition) is 5. The number of aromatic nitrogens is 1. The number of fused-ring (bicyclic) bond motifs is 1. The number of ether oxygens (including phenoxy) is 1. The van der Waals surface area contributed by atoms with Gasteiger partial charge in [-0.15, -0.1) is 0 Å². The zero-order chi connectivity index (χ0) is 16.0. The fourth-order valence-electron chi connectivity index (χ4n) is 1.37. The van der Waals surface area contributed by atoms with Crippen LogP contribution in [0.5, 0.6) is 5.88 Å². The molecule has 0 atom stereocenters. The molecule has 0 bridgehead atoms. The molecule has 0 aliphatic rings. The minimum atomic E-state index is -3.66. The lowest BCUT2D eigenvalue weighted by molar-refractivity contribution is 0.100. The molecule has 1 aromatic heterocycles.